The fraction of sp³-hybridized carbons (Fsp3) is 0.640. The molecule has 2 N–H and O–H groups in total. The molecule has 1 aromatic carbocycles. The molecule has 0 aliphatic carbocycles. The Bertz CT molecular complexity index is 898. The molecule has 0 spiro atoms. The van der Waals surface area contributed by atoms with Crippen molar-refractivity contribution in [2.75, 3.05) is 40.3 Å². The van der Waals surface area contributed by atoms with Gasteiger partial charge < -0.3 is 10.1 Å². The number of ether oxygens (including phenoxy) is 1. The van der Waals surface area contributed by atoms with Crippen LogP contribution in [-0.4, -0.2) is 86.2 Å². The van der Waals surface area contributed by atoms with Gasteiger partial charge in [0.1, 0.15) is 12.0 Å². The molecule has 2 heterocycles. The predicted molar refractivity (Wildman–Crippen MR) is 128 cm³/mol. The standard InChI is InChI=1S/C25H36F2N4O4/c1-28-22-10-12-31(17-25(22,26)27)11-4-3-5-13-35-20-7-6-18(16-32)19(14-20)15-30(2)21-8-9-23(33)29-24(21)34/h6-7,14,16,21-22,28H,3-5,8-13,15,17H2,1-2H3,(H,29,33,34). The molecule has 2 aliphatic heterocycles. The summed E-state index contributed by atoms with van der Waals surface area (Å²) in [4.78, 5) is 38.7. The van der Waals surface area contributed by atoms with Crippen LogP contribution in [0.5, 0.6) is 5.75 Å². The van der Waals surface area contributed by atoms with Gasteiger partial charge in [-0.15, -0.1) is 0 Å². The summed E-state index contributed by atoms with van der Waals surface area (Å²) in [6, 6.07) is 4.07. The quantitative estimate of drug-likeness (QED) is 0.262. The first-order valence-electron chi connectivity index (χ1n) is 12.3. The number of hydrogen-bond acceptors (Lipinski definition) is 7. The van der Waals surface area contributed by atoms with Crippen LogP contribution in [0.2, 0.25) is 0 Å². The number of alkyl halides is 2. The molecule has 2 atom stereocenters. The Kier molecular flexibility index (Phi) is 9.71. The topological polar surface area (TPSA) is 91.0 Å². The number of unbranched alkanes of at least 4 members (excludes halogenated alkanes) is 2. The van der Waals surface area contributed by atoms with Crippen LogP contribution in [-0.2, 0) is 16.1 Å². The van der Waals surface area contributed by atoms with E-state index in [0.29, 0.717) is 56.8 Å². The second-order valence-corrected chi connectivity index (χ2v) is 9.44. The van der Waals surface area contributed by atoms with Gasteiger partial charge in [-0.25, -0.2) is 8.78 Å². The van der Waals surface area contributed by atoms with Crippen molar-refractivity contribution in [2.24, 2.45) is 0 Å². The first kappa shape index (κ1) is 27.2. The third kappa shape index (κ3) is 7.52. The molecule has 2 amide bonds. The average molecular weight is 495 g/mol. The van der Waals surface area contributed by atoms with E-state index in [2.05, 4.69) is 10.6 Å². The van der Waals surface area contributed by atoms with E-state index in [9.17, 15) is 23.2 Å². The lowest BCUT2D eigenvalue weighted by Gasteiger charge is -2.38. The number of imide groups is 1. The highest BCUT2D eigenvalue weighted by atomic mass is 19.3. The van der Waals surface area contributed by atoms with Gasteiger partial charge in [-0.3, -0.25) is 29.5 Å². The summed E-state index contributed by atoms with van der Waals surface area (Å²) in [6.07, 6.45) is 4.46. The zero-order valence-corrected chi connectivity index (χ0v) is 20.5. The van der Waals surface area contributed by atoms with Gasteiger partial charge in [-0.1, -0.05) is 0 Å². The maximum Gasteiger partial charge on any atom is 0.275 e. The Balaban J connectivity index is 1.42. The molecule has 1 aromatic rings. The van der Waals surface area contributed by atoms with Crippen LogP contribution in [0.3, 0.4) is 0 Å². The Morgan fingerprint density at radius 1 is 1.26 bits per heavy atom. The summed E-state index contributed by atoms with van der Waals surface area (Å²) in [5.74, 6) is -2.65. The lowest BCUT2D eigenvalue weighted by Crippen LogP contribution is -2.56. The molecule has 0 bridgehead atoms. The van der Waals surface area contributed by atoms with Crippen molar-refractivity contribution in [3.63, 3.8) is 0 Å². The second kappa shape index (κ2) is 12.5. The van der Waals surface area contributed by atoms with Gasteiger partial charge in [0.05, 0.1) is 25.2 Å². The van der Waals surface area contributed by atoms with Crippen molar-refractivity contribution in [1.82, 2.24) is 20.4 Å². The number of rotatable bonds is 12. The number of halogens is 2. The number of aldehydes is 1. The maximum atomic E-state index is 14.1. The van der Waals surface area contributed by atoms with E-state index in [1.54, 1.807) is 32.3 Å². The van der Waals surface area contributed by atoms with Crippen molar-refractivity contribution in [3.05, 3.63) is 29.3 Å². The minimum atomic E-state index is -2.70. The normalized spacial score (nSPS) is 22.8. The molecule has 2 saturated heterocycles. The van der Waals surface area contributed by atoms with Crippen molar-refractivity contribution in [2.45, 2.75) is 63.1 Å². The maximum absolute atomic E-state index is 14.1. The fourth-order valence-electron chi connectivity index (χ4n) is 4.77. The number of hydrogen-bond donors (Lipinski definition) is 2. The summed E-state index contributed by atoms with van der Waals surface area (Å²) in [5.41, 5.74) is 1.27. The molecule has 0 radical (unpaired) electrons. The SMILES string of the molecule is CNC1CCN(CCCCCOc2ccc(C=O)c(CN(C)C3CCC(=O)NC3=O)c2)CC1(F)F. The number of likely N-dealkylation sites (tertiary alicyclic amines) is 1. The number of nitrogens with one attached hydrogen (secondary N) is 2. The van der Waals surface area contributed by atoms with E-state index in [-0.39, 0.29) is 18.4 Å². The second-order valence-electron chi connectivity index (χ2n) is 9.44. The van der Waals surface area contributed by atoms with Crippen molar-refractivity contribution in [1.29, 1.82) is 0 Å². The van der Waals surface area contributed by atoms with Gasteiger partial charge in [0.25, 0.3) is 5.92 Å². The zero-order chi connectivity index (χ0) is 25.4. The lowest BCUT2D eigenvalue weighted by atomic mass is 10.0. The third-order valence-electron chi connectivity index (χ3n) is 6.82. The van der Waals surface area contributed by atoms with Crippen LogP contribution in [0.25, 0.3) is 0 Å². The van der Waals surface area contributed by atoms with Crippen LogP contribution in [0.15, 0.2) is 18.2 Å². The van der Waals surface area contributed by atoms with E-state index in [1.165, 1.54) is 0 Å². The highest BCUT2D eigenvalue weighted by Crippen LogP contribution is 2.27. The minimum Gasteiger partial charge on any atom is -0.494 e. The molecule has 35 heavy (non-hydrogen) atoms. The first-order valence-corrected chi connectivity index (χ1v) is 12.3. The highest BCUT2D eigenvalue weighted by molar-refractivity contribution is 6.00. The van der Waals surface area contributed by atoms with Gasteiger partial charge in [0.2, 0.25) is 11.8 Å². The van der Waals surface area contributed by atoms with Crippen molar-refractivity contribution in [3.8, 4) is 5.75 Å². The van der Waals surface area contributed by atoms with Crippen LogP contribution in [0, 0.1) is 0 Å². The van der Waals surface area contributed by atoms with Crippen LogP contribution in [0.4, 0.5) is 8.78 Å². The van der Waals surface area contributed by atoms with Crippen LogP contribution < -0.4 is 15.4 Å². The number of carbonyl (C=O) groups excluding carboxylic acids is 3. The van der Waals surface area contributed by atoms with Gasteiger partial charge >= 0.3 is 0 Å². The summed E-state index contributed by atoms with van der Waals surface area (Å²) in [6.45, 7) is 1.98. The Morgan fingerprint density at radius 3 is 2.74 bits per heavy atom. The van der Waals surface area contributed by atoms with Crippen LogP contribution >= 0.6 is 0 Å². The van der Waals surface area contributed by atoms with Crippen LogP contribution in [0.1, 0.15) is 54.4 Å². The fourth-order valence-corrected chi connectivity index (χ4v) is 4.77. The number of nitrogens with zero attached hydrogens (tertiary/aromatic N) is 2. The number of carbonyl (C=O) groups is 3. The lowest BCUT2D eigenvalue weighted by molar-refractivity contribution is -0.137. The third-order valence-corrected chi connectivity index (χ3v) is 6.82. The Labute approximate surface area is 205 Å². The number of likely N-dealkylation sites (N-methyl/N-ethyl adjacent to an activating group) is 1. The molecule has 3 rings (SSSR count). The molecule has 0 saturated carbocycles. The van der Waals surface area contributed by atoms with Gasteiger partial charge in [-0.05, 0) is 76.5 Å². The van der Waals surface area contributed by atoms with Gasteiger partial charge in [0, 0.05) is 25.1 Å². The van der Waals surface area contributed by atoms with Gasteiger partial charge in [0.15, 0.2) is 0 Å². The van der Waals surface area contributed by atoms with E-state index < -0.39 is 18.0 Å². The predicted octanol–water partition coefficient (Wildman–Crippen LogP) is 2.21. The molecule has 0 aromatic heterocycles. The highest BCUT2D eigenvalue weighted by Gasteiger charge is 2.43. The molecule has 2 unspecified atom stereocenters. The van der Waals surface area contributed by atoms with E-state index >= 15 is 0 Å². The van der Waals surface area contributed by atoms with Crippen molar-refractivity contribution >= 4 is 18.1 Å². The molecular weight excluding hydrogens is 458 g/mol. The van der Waals surface area contributed by atoms with E-state index in [4.69, 9.17) is 4.74 Å². The molecule has 2 fully saturated rings. The van der Waals surface area contributed by atoms with E-state index in [1.807, 2.05) is 9.80 Å². The number of benzene rings is 1. The monoisotopic (exact) mass is 494 g/mol. The molecule has 10 heteroatoms. The molecular formula is C25H36F2N4O4. The average Bonchev–Trinajstić information content (AvgIpc) is 2.81. The van der Waals surface area contributed by atoms with Gasteiger partial charge in [-0.2, -0.15) is 0 Å². The Morgan fingerprint density at radius 2 is 2.06 bits per heavy atom. The zero-order valence-electron chi connectivity index (χ0n) is 20.5. The van der Waals surface area contributed by atoms with Crippen molar-refractivity contribution < 1.29 is 27.9 Å². The summed E-state index contributed by atoms with van der Waals surface area (Å²) >= 11 is 0. The molecule has 8 nitrogen and oxygen atoms in total. The Hall–Kier alpha value is -2.43. The summed E-state index contributed by atoms with van der Waals surface area (Å²) < 4.78 is 34.0. The van der Waals surface area contributed by atoms with E-state index in [0.717, 1.165) is 31.1 Å². The summed E-state index contributed by atoms with van der Waals surface area (Å²) in [7, 11) is 3.37. The molecule has 194 valence electrons. The number of amides is 2. The number of piperidine rings is 2. The first-order chi connectivity index (χ1) is 16.7. The smallest absolute Gasteiger partial charge is 0.275 e. The molecule has 2 aliphatic rings. The summed E-state index contributed by atoms with van der Waals surface area (Å²) in [5, 5.41) is 5.06. The minimum absolute atomic E-state index is 0.200. The largest absolute Gasteiger partial charge is 0.494 e.